The van der Waals surface area contributed by atoms with Crippen LogP contribution < -0.4 is 0 Å². The summed E-state index contributed by atoms with van der Waals surface area (Å²) in [5.74, 6) is 0.637. The molecule has 4 nitrogen and oxygen atoms in total. The molecular formula is C48H28N2O2. The molecule has 0 N–H and O–H groups in total. The fourth-order valence-electron chi connectivity index (χ4n) is 7.74. The molecule has 0 atom stereocenters. The van der Waals surface area contributed by atoms with Gasteiger partial charge >= 0.3 is 0 Å². The number of aromatic nitrogens is 2. The predicted molar refractivity (Wildman–Crippen MR) is 213 cm³/mol. The van der Waals surface area contributed by atoms with Gasteiger partial charge in [-0.25, -0.2) is 9.97 Å². The zero-order valence-electron chi connectivity index (χ0n) is 27.9. The first kappa shape index (κ1) is 28.8. The molecule has 0 aliphatic carbocycles. The zero-order chi connectivity index (χ0) is 34.2. The van der Waals surface area contributed by atoms with E-state index < -0.39 is 0 Å². The summed E-state index contributed by atoms with van der Waals surface area (Å²) in [6, 6.07) is 59.2. The third kappa shape index (κ3) is 4.55. The summed E-state index contributed by atoms with van der Waals surface area (Å²) in [6.07, 6.45) is 0. The van der Waals surface area contributed by atoms with E-state index in [0.29, 0.717) is 5.82 Å². The van der Waals surface area contributed by atoms with Crippen LogP contribution in [-0.2, 0) is 0 Å². The van der Waals surface area contributed by atoms with Gasteiger partial charge in [-0.3, -0.25) is 0 Å². The highest BCUT2D eigenvalue weighted by molar-refractivity contribution is 6.16. The minimum absolute atomic E-state index is 0.637. The molecule has 11 rings (SSSR count). The predicted octanol–water partition coefficient (Wildman–Crippen LogP) is 13.2. The summed E-state index contributed by atoms with van der Waals surface area (Å²) in [4.78, 5) is 10.8. The van der Waals surface area contributed by atoms with Crippen LogP contribution in [0.5, 0.6) is 0 Å². The van der Waals surface area contributed by atoms with Gasteiger partial charge in [0.05, 0.1) is 11.4 Å². The number of hydrogen-bond acceptors (Lipinski definition) is 4. The van der Waals surface area contributed by atoms with Gasteiger partial charge in [0.1, 0.15) is 22.3 Å². The molecular weight excluding hydrogens is 637 g/mol. The monoisotopic (exact) mass is 664 g/mol. The average molecular weight is 665 g/mol. The molecule has 242 valence electrons. The van der Waals surface area contributed by atoms with E-state index in [1.807, 2.05) is 24.3 Å². The van der Waals surface area contributed by atoms with Crippen molar-refractivity contribution in [2.75, 3.05) is 0 Å². The first-order valence-corrected chi connectivity index (χ1v) is 17.5. The van der Waals surface area contributed by atoms with E-state index in [4.69, 9.17) is 18.8 Å². The van der Waals surface area contributed by atoms with Crippen LogP contribution in [-0.4, -0.2) is 9.97 Å². The molecule has 0 saturated heterocycles. The fraction of sp³-hybridized carbons (Fsp3) is 0. The molecule has 11 aromatic rings. The Morgan fingerprint density at radius 3 is 1.56 bits per heavy atom. The second-order valence-corrected chi connectivity index (χ2v) is 13.4. The van der Waals surface area contributed by atoms with Gasteiger partial charge in [0.15, 0.2) is 5.82 Å². The Morgan fingerprint density at radius 2 is 0.865 bits per heavy atom. The largest absolute Gasteiger partial charge is 0.456 e. The highest BCUT2D eigenvalue weighted by Gasteiger charge is 2.22. The number of nitrogens with zero attached hydrogens (tertiary/aromatic N) is 2. The van der Waals surface area contributed by atoms with Crippen LogP contribution in [0.1, 0.15) is 0 Å². The average Bonchev–Trinajstić information content (AvgIpc) is 3.78. The lowest BCUT2D eigenvalue weighted by molar-refractivity contribution is 0.668. The Hall–Kier alpha value is -7.04. The lowest BCUT2D eigenvalue weighted by atomic mass is 9.93. The maximum Gasteiger partial charge on any atom is 0.161 e. The Kier molecular flexibility index (Phi) is 6.22. The van der Waals surface area contributed by atoms with Crippen molar-refractivity contribution in [3.63, 3.8) is 0 Å². The molecule has 0 aliphatic rings. The molecule has 3 aromatic heterocycles. The quantitative estimate of drug-likeness (QED) is 0.188. The van der Waals surface area contributed by atoms with Gasteiger partial charge < -0.3 is 8.83 Å². The zero-order valence-corrected chi connectivity index (χ0v) is 27.9. The van der Waals surface area contributed by atoms with Crippen molar-refractivity contribution in [2.45, 2.75) is 0 Å². The van der Waals surface area contributed by atoms with E-state index in [1.54, 1.807) is 0 Å². The second kappa shape index (κ2) is 11.2. The van der Waals surface area contributed by atoms with E-state index in [1.165, 1.54) is 10.8 Å². The molecule has 0 unspecified atom stereocenters. The van der Waals surface area contributed by atoms with E-state index >= 15 is 0 Å². The highest BCUT2D eigenvalue weighted by Crippen LogP contribution is 2.44. The third-order valence-corrected chi connectivity index (χ3v) is 10.3. The number of benzene rings is 8. The molecule has 4 heteroatoms. The third-order valence-electron chi connectivity index (χ3n) is 10.3. The van der Waals surface area contributed by atoms with E-state index in [0.717, 1.165) is 93.9 Å². The van der Waals surface area contributed by atoms with Gasteiger partial charge in [-0.2, -0.15) is 0 Å². The number of rotatable bonds is 4. The molecule has 0 saturated carbocycles. The van der Waals surface area contributed by atoms with Crippen LogP contribution in [0, 0.1) is 0 Å². The first-order valence-electron chi connectivity index (χ1n) is 17.5. The van der Waals surface area contributed by atoms with Gasteiger partial charge in [-0.15, -0.1) is 0 Å². The first-order chi connectivity index (χ1) is 25.7. The van der Waals surface area contributed by atoms with Crippen molar-refractivity contribution in [2.24, 2.45) is 0 Å². The van der Waals surface area contributed by atoms with Crippen LogP contribution in [0.25, 0.3) is 110 Å². The Morgan fingerprint density at radius 1 is 0.346 bits per heavy atom. The Labute approximate surface area is 298 Å². The van der Waals surface area contributed by atoms with Crippen LogP contribution in [0.2, 0.25) is 0 Å². The molecule has 52 heavy (non-hydrogen) atoms. The highest BCUT2D eigenvalue weighted by atomic mass is 16.3. The smallest absolute Gasteiger partial charge is 0.161 e. The van der Waals surface area contributed by atoms with Crippen molar-refractivity contribution in [1.29, 1.82) is 0 Å². The van der Waals surface area contributed by atoms with Crippen molar-refractivity contribution in [3.8, 4) is 45.0 Å². The summed E-state index contributed by atoms with van der Waals surface area (Å²) in [5, 5.41) is 8.88. The summed E-state index contributed by atoms with van der Waals surface area (Å²) in [7, 11) is 0. The summed E-state index contributed by atoms with van der Waals surface area (Å²) < 4.78 is 12.7. The summed E-state index contributed by atoms with van der Waals surface area (Å²) in [5.41, 5.74) is 10.1. The molecule has 0 amide bonds. The lowest BCUT2D eigenvalue weighted by Gasteiger charge is -2.15. The molecule has 8 aromatic carbocycles. The molecule has 0 bridgehead atoms. The van der Waals surface area contributed by atoms with E-state index in [2.05, 4.69) is 146 Å². The van der Waals surface area contributed by atoms with Gasteiger partial charge in [0.2, 0.25) is 0 Å². The van der Waals surface area contributed by atoms with Crippen molar-refractivity contribution in [3.05, 3.63) is 170 Å². The summed E-state index contributed by atoms with van der Waals surface area (Å²) >= 11 is 0. The minimum atomic E-state index is 0.637. The van der Waals surface area contributed by atoms with Crippen LogP contribution in [0.4, 0.5) is 0 Å². The Bertz CT molecular complexity index is 3110. The van der Waals surface area contributed by atoms with Crippen LogP contribution >= 0.6 is 0 Å². The van der Waals surface area contributed by atoms with Gasteiger partial charge in [-0.1, -0.05) is 115 Å². The normalized spacial score (nSPS) is 11.8. The number of hydrogen-bond donors (Lipinski definition) is 0. The van der Waals surface area contributed by atoms with Crippen molar-refractivity contribution < 1.29 is 8.83 Å². The van der Waals surface area contributed by atoms with E-state index in [9.17, 15) is 0 Å². The van der Waals surface area contributed by atoms with E-state index in [-0.39, 0.29) is 0 Å². The second-order valence-electron chi connectivity index (χ2n) is 13.4. The molecule has 3 heterocycles. The fourth-order valence-corrected chi connectivity index (χ4v) is 7.74. The van der Waals surface area contributed by atoms with Crippen LogP contribution in [0.3, 0.4) is 0 Å². The summed E-state index contributed by atoms with van der Waals surface area (Å²) in [6.45, 7) is 0. The standard InChI is InChI=1S/C48H28N2O2/c1-3-11-31-25-34(19-17-29(31)9-1)40-28-41(35-20-18-30-10-2-4-12-32(30)26-35)50-48(49-40)47-36(22-24-45-46(47)38-14-6-8-16-43(38)52-45)33-21-23-44-39(27-33)37-13-5-7-15-42(37)51-44/h1-28H. The number of furan rings is 2. The van der Waals surface area contributed by atoms with Crippen molar-refractivity contribution >= 4 is 65.4 Å². The molecule has 0 spiro atoms. The minimum Gasteiger partial charge on any atom is -0.456 e. The molecule has 0 aliphatic heterocycles. The van der Waals surface area contributed by atoms with Gasteiger partial charge in [0.25, 0.3) is 0 Å². The number of fused-ring (bicyclic) bond motifs is 8. The van der Waals surface area contributed by atoms with Crippen LogP contribution in [0.15, 0.2) is 179 Å². The number of para-hydroxylation sites is 2. The molecule has 0 fully saturated rings. The topological polar surface area (TPSA) is 52.1 Å². The SMILES string of the molecule is c1ccc2cc(-c3cc(-c4ccc5ccccc5c4)nc(-c4c(-c5ccc6oc7ccccc7c6c5)ccc5oc6ccccc6c45)n3)ccc2c1. The molecule has 0 radical (unpaired) electrons. The lowest BCUT2D eigenvalue weighted by Crippen LogP contribution is -1.98. The maximum atomic E-state index is 6.48. The van der Waals surface area contributed by atoms with Gasteiger partial charge in [0, 0.05) is 38.2 Å². The Balaban J connectivity index is 1.23. The van der Waals surface area contributed by atoms with Gasteiger partial charge in [-0.05, 0) is 87.3 Å². The van der Waals surface area contributed by atoms with Crippen molar-refractivity contribution in [1.82, 2.24) is 9.97 Å². The maximum absolute atomic E-state index is 6.48.